The zero-order chi connectivity index (χ0) is 84.7. The van der Waals surface area contributed by atoms with E-state index in [1.807, 2.05) is 0 Å². The summed E-state index contributed by atoms with van der Waals surface area (Å²) in [6, 6.07) is 54.4. The first-order chi connectivity index (χ1) is 52.5. The minimum atomic E-state index is 0.241. The van der Waals surface area contributed by atoms with Gasteiger partial charge in [-0.15, -0.1) is 0 Å². The molecule has 0 aromatic heterocycles. The molecular formula is C112H166. The van der Waals surface area contributed by atoms with Gasteiger partial charge in [0, 0.05) is 0 Å². The Kier molecular flexibility index (Phi) is 42.8. The van der Waals surface area contributed by atoms with Crippen LogP contribution in [0.3, 0.4) is 0 Å². The molecule has 0 aliphatic rings. The molecule has 9 aromatic carbocycles. The van der Waals surface area contributed by atoms with Crippen LogP contribution in [0, 0.1) is 109 Å². The first-order valence-electron chi connectivity index (χ1n) is 44.3. The summed E-state index contributed by atoms with van der Waals surface area (Å²) in [5.74, 6) is 4.13. The van der Waals surface area contributed by atoms with E-state index in [9.17, 15) is 0 Å². The lowest BCUT2D eigenvalue weighted by molar-refractivity contribution is 0.569. The van der Waals surface area contributed by atoms with Gasteiger partial charge in [-0.2, -0.15) is 0 Å². The summed E-state index contributed by atoms with van der Waals surface area (Å²) in [4.78, 5) is 0. The fourth-order valence-electron chi connectivity index (χ4n) is 16.1. The van der Waals surface area contributed by atoms with Crippen LogP contribution in [0.2, 0.25) is 0 Å². The minimum Gasteiger partial charge on any atom is -0.0654 e. The quantitative estimate of drug-likeness (QED) is 0.0634. The Morgan fingerprint density at radius 2 is 0.509 bits per heavy atom. The third-order valence-corrected chi connectivity index (χ3v) is 23.0. The topological polar surface area (TPSA) is 0 Å². The van der Waals surface area contributed by atoms with E-state index in [1.165, 1.54) is 246 Å². The van der Waals surface area contributed by atoms with Gasteiger partial charge in [0.2, 0.25) is 0 Å². The minimum absolute atomic E-state index is 0.241. The molecule has 0 bridgehead atoms. The SMILES string of the molecule is CCC(C)c1cc(C)c(C(C)CC)cc1C.CCCCc1cc(C)c(CCCC)cc1C.CCCc1cc(C)c(CCC)cc1C.Cc1cc(-c2ccccc2)c(C)cc1-c1ccccc1.Cc1cc(C(C)(C)C)c(C)cc1C(C)(C)C.Cc1cc(C(C)C)c(C)cc1C(C)C.Cc1cc(CC(C)C)c(C)cc1CC(C)C. The van der Waals surface area contributed by atoms with Gasteiger partial charge in [-0.05, 0) is 374 Å². The summed E-state index contributed by atoms with van der Waals surface area (Å²) >= 11 is 0. The van der Waals surface area contributed by atoms with Crippen molar-refractivity contribution in [3.63, 3.8) is 0 Å². The van der Waals surface area contributed by atoms with Crippen molar-refractivity contribution in [2.75, 3.05) is 0 Å². The lowest BCUT2D eigenvalue weighted by Gasteiger charge is -2.28. The molecular weight excluding hydrogens is 1350 g/mol. The van der Waals surface area contributed by atoms with Crippen LogP contribution in [-0.4, -0.2) is 0 Å². The van der Waals surface area contributed by atoms with Crippen molar-refractivity contribution in [3.05, 3.63) is 290 Å². The van der Waals surface area contributed by atoms with Crippen LogP contribution in [0.25, 0.3) is 22.3 Å². The molecule has 0 spiro atoms. The molecule has 0 aliphatic heterocycles. The number of rotatable bonds is 22. The number of unbranched alkanes of at least 4 members (excludes halogenated alkanes) is 2. The lowest BCUT2D eigenvalue weighted by Crippen LogP contribution is -2.18. The molecule has 0 aliphatic carbocycles. The Labute approximate surface area is 693 Å². The van der Waals surface area contributed by atoms with E-state index in [1.54, 1.807) is 11.1 Å². The Balaban J connectivity index is 0.000000340. The molecule has 2 unspecified atom stereocenters. The summed E-state index contributed by atoms with van der Waals surface area (Å²) in [6.45, 7) is 81.4. The van der Waals surface area contributed by atoms with Crippen molar-refractivity contribution in [1.29, 1.82) is 0 Å². The Hall–Kier alpha value is -7.02. The van der Waals surface area contributed by atoms with Crippen LogP contribution in [0.15, 0.2) is 146 Å². The lowest BCUT2D eigenvalue weighted by atomic mass is 9.77. The van der Waals surface area contributed by atoms with E-state index >= 15 is 0 Å². The highest BCUT2D eigenvalue weighted by atomic mass is 14.3. The van der Waals surface area contributed by atoms with E-state index in [4.69, 9.17) is 0 Å². The molecule has 0 amide bonds. The summed E-state index contributed by atoms with van der Waals surface area (Å²) in [6.07, 6.45) is 17.5. The first kappa shape index (κ1) is 99.2. The monoisotopic (exact) mass is 1510 g/mol. The maximum absolute atomic E-state index is 2.41. The molecule has 0 saturated heterocycles. The Morgan fingerprint density at radius 1 is 0.250 bits per heavy atom. The second kappa shape index (κ2) is 48.4. The summed E-state index contributed by atoms with van der Waals surface area (Å²) < 4.78 is 0. The van der Waals surface area contributed by atoms with E-state index in [2.05, 4.69) is 395 Å². The van der Waals surface area contributed by atoms with Crippen LogP contribution in [-0.2, 0) is 49.4 Å². The summed E-state index contributed by atoms with van der Waals surface area (Å²) in [7, 11) is 0. The van der Waals surface area contributed by atoms with E-state index in [0.29, 0.717) is 23.7 Å². The van der Waals surface area contributed by atoms with Gasteiger partial charge in [-0.3, -0.25) is 0 Å². The van der Waals surface area contributed by atoms with Crippen molar-refractivity contribution >= 4 is 0 Å². The standard InChI is InChI=1S/C20H18.4C16H26.2C14H22/c1-15-13-20(18-11-7-4-8-12-18)16(2)14-19(15)17-9-5-3-6-10-17;1-11-9-14(16(6,7)8)12(2)10-13(11)15(3,4)5;1-11(2)7-15-9-14(6)16(8-12(3)4)10-13(15)5;1-7-11(3)15-9-14(6)16(10-13(15)5)12(4)8-2;1-5-7-9-15-11-14(4)16(10-8-6-2)12-13(15)3;1-9(2)13-7-12(6)14(10(3)4)8-11(13)5;1-5-7-13-9-12(4)14(8-6-2)10-11(13)3/h3-14H,1-2H3;9-10H,1-8H3;2*9-12H,7-8H2,1-6H3;11-12H,5-10H2,1-4H3;7-10H,1-6H3;9-10H,5-8H2,1-4H3. The Bertz CT molecular complexity index is 3970. The predicted molar refractivity (Wildman–Crippen MR) is 508 cm³/mol. The average Bonchev–Trinajstić information content (AvgIpc) is 0.787. The van der Waals surface area contributed by atoms with E-state index < -0.39 is 0 Å². The predicted octanol–water partition coefficient (Wildman–Crippen LogP) is 34.3. The summed E-state index contributed by atoms with van der Waals surface area (Å²) in [5, 5.41) is 0. The maximum atomic E-state index is 2.41. The number of hydrogen-bond acceptors (Lipinski definition) is 0. The Morgan fingerprint density at radius 3 is 0.759 bits per heavy atom. The molecule has 0 nitrogen and oxygen atoms in total. The van der Waals surface area contributed by atoms with Gasteiger partial charge < -0.3 is 0 Å². The molecule has 112 heavy (non-hydrogen) atoms. The van der Waals surface area contributed by atoms with Crippen LogP contribution >= 0.6 is 0 Å². The molecule has 0 heterocycles. The molecule has 9 aromatic rings. The van der Waals surface area contributed by atoms with Gasteiger partial charge in [0.15, 0.2) is 0 Å². The zero-order valence-corrected chi connectivity index (χ0v) is 79.2. The van der Waals surface area contributed by atoms with Crippen LogP contribution < -0.4 is 0 Å². The normalized spacial score (nSPS) is 11.8. The van der Waals surface area contributed by atoms with Gasteiger partial charge in [-0.25, -0.2) is 0 Å². The van der Waals surface area contributed by atoms with Crippen molar-refractivity contribution in [3.8, 4) is 22.3 Å². The molecule has 9 rings (SSSR count). The second-order valence-corrected chi connectivity index (χ2v) is 37.3. The molecule has 2 atom stereocenters. The van der Waals surface area contributed by atoms with Crippen molar-refractivity contribution in [1.82, 2.24) is 0 Å². The van der Waals surface area contributed by atoms with Crippen LogP contribution in [0.1, 0.15) is 372 Å². The van der Waals surface area contributed by atoms with E-state index in [-0.39, 0.29) is 10.8 Å². The molecule has 614 valence electrons. The van der Waals surface area contributed by atoms with Gasteiger partial charge in [0.05, 0.1) is 0 Å². The highest BCUT2D eigenvalue weighted by molar-refractivity contribution is 5.76. The smallest absolute Gasteiger partial charge is 0.0129 e. The average molecular weight is 1510 g/mol. The van der Waals surface area contributed by atoms with Gasteiger partial charge in [-0.1, -0.05) is 324 Å². The zero-order valence-electron chi connectivity index (χ0n) is 79.2. The van der Waals surface area contributed by atoms with Crippen molar-refractivity contribution in [2.45, 2.75) is 374 Å². The number of benzene rings is 9. The first-order valence-corrected chi connectivity index (χ1v) is 44.3. The molecule has 0 radical (unpaired) electrons. The third kappa shape index (κ3) is 32.0. The highest BCUT2D eigenvalue weighted by Gasteiger charge is 2.23. The van der Waals surface area contributed by atoms with Gasteiger partial charge in [0.25, 0.3) is 0 Å². The molecule has 0 fully saturated rings. The van der Waals surface area contributed by atoms with E-state index in [0.717, 1.165) is 11.8 Å². The highest BCUT2D eigenvalue weighted by Crippen LogP contribution is 2.36. The van der Waals surface area contributed by atoms with Gasteiger partial charge >= 0.3 is 0 Å². The fraction of sp³-hybridized carbons (Fsp3) is 0.518. The largest absolute Gasteiger partial charge is 0.0654 e. The summed E-state index contributed by atoms with van der Waals surface area (Å²) in [5.41, 5.74) is 44.1. The van der Waals surface area contributed by atoms with Crippen molar-refractivity contribution < 1.29 is 0 Å². The maximum Gasteiger partial charge on any atom is -0.0129 e. The van der Waals surface area contributed by atoms with Gasteiger partial charge in [0.1, 0.15) is 0 Å². The fourth-order valence-corrected chi connectivity index (χ4v) is 16.1. The molecule has 0 saturated carbocycles. The molecule has 0 heteroatoms. The van der Waals surface area contributed by atoms with Crippen molar-refractivity contribution in [2.24, 2.45) is 11.8 Å². The number of aryl methyl sites for hydroxylation is 18. The van der Waals surface area contributed by atoms with Crippen LogP contribution in [0.4, 0.5) is 0 Å². The second-order valence-electron chi connectivity index (χ2n) is 37.3. The molecule has 0 N–H and O–H groups in total. The van der Waals surface area contributed by atoms with Crippen LogP contribution in [0.5, 0.6) is 0 Å². The third-order valence-electron chi connectivity index (χ3n) is 23.0. The number of hydrogen-bond donors (Lipinski definition) is 0.